The summed E-state index contributed by atoms with van der Waals surface area (Å²) in [5, 5.41) is 8.89. The average molecular weight is 449 g/mol. The van der Waals surface area contributed by atoms with Crippen LogP contribution in [0.5, 0.6) is 0 Å². The first kappa shape index (κ1) is 22.8. The normalized spacial score (nSPS) is 12.8. The highest BCUT2D eigenvalue weighted by molar-refractivity contribution is 7.91. The molecule has 0 radical (unpaired) electrons. The van der Waals surface area contributed by atoms with Gasteiger partial charge in [-0.2, -0.15) is 18.4 Å². The van der Waals surface area contributed by atoms with Crippen molar-refractivity contribution in [3.63, 3.8) is 0 Å². The predicted octanol–water partition coefficient (Wildman–Crippen LogP) is 5.38. The zero-order chi connectivity index (χ0) is 23.0. The van der Waals surface area contributed by atoms with Crippen molar-refractivity contribution in [3.8, 4) is 6.07 Å². The molecule has 0 unspecified atom stereocenters. The van der Waals surface area contributed by atoms with Crippen LogP contribution in [0.1, 0.15) is 45.0 Å². The fourth-order valence-corrected chi connectivity index (χ4v) is 4.64. The number of benzene rings is 2. The Morgan fingerprint density at radius 3 is 2.19 bits per heavy atom. The molecule has 5 nitrogen and oxygen atoms in total. The van der Waals surface area contributed by atoms with Crippen LogP contribution >= 0.6 is 0 Å². The minimum Gasteiger partial charge on any atom is -0.328 e. The van der Waals surface area contributed by atoms with Gasteiger partial charge in [-0.15, -0.1) is 0 Å². The standard InChI is InChI=1S/C22H22F3N3O2S/c1-21(2,3)20-27-18-13-17(31(29,30)16-7-5-15(14-26)6-8-16)9-10-19(18)28(20)12-4-11-22(23,24)25/h5-10,13H,4,11-12H2,1-3H3. The highest BCUT2D eigenvalue weighted by Crippen LogP contribution is 2.31. The monoisotopic (exact) mass is 449 g/mol. The second-order valence-electron chi connectivity index (χ2n) is 8.35. The Bertz CT molecular complexity index is 1250. The van der Waals surface area contributed by atoms with Crippen LogP contribution in [0.15, 0.2) is 52.3 Å². The van der Waals surface area contributed by atoms with Crippen molar-refractivity contribution in [3.05, 3.63) is 53.9 Å². The van der Waals surface area contributed by atoms with Gasteiger partial charge in [-0.1, -0.05) is 20.8 Å². The molecular weight excluding hydrogens is 427 g/mol. The summed E-state index contributed by atoms with van der Waals surface area (Å²) >= 11 is 0. The predicted molar refractivity (Wildman–Crippen MR) is 110 cm³/mol. The molecule has 0 fully saturated rings. The van der Waals surface area contributed by atoms with Gasteiger partial charge in [0.2, 0.25) is 9.84 Å². The van der Waals surface area contributed by atoms with Gasteiger partial charge >= 0.3 is 6.18 Å². The maximum Gasteiger partial charge on any atom is 0.389 e. The molecule has 3 rings (SSSR count). The second kappa shape index (κ2) is 8.00. The minimum absolute atomic E-state index is 0.0325. The fraction of sp³-hybridized carbons (Fsp3) is 0.364. The van der Waals surface area contributed by atoms with Gasteiger partial charge in [-0.05, 0) is 48.9 Å². The zero-order valence-electron chi connectivity index (χ0n) is 17.4. The molecule has 3 aromatic rings. The smallest absolute Gasteiger partial charge is 0.328 e. The number of aromatic nitrogens is 2. The van der Waals surface area contributed by atoms with Crippen LogP contribution in [0.25, 0.3) is 11.0 Å². The molecular formula is C22H22F3N3O2S. The van der Waals surface area contributed by atoms with Gasteiger partial charge in [-0.3, -0.25) is 0 Å². The lowest BCUT2D eigenvalue weighted by Gasteiger charge is -2.20. The molecule has 2 aromatic carbocycles. The van der Waals surface area contributed by atoms with Gasteiger partial charge < -0.3 is 4.57 Å². The van der Waals surface area contributed by atoms with Gasteiger partial charge in [0.25, 0.3) is 0 Å². The third kappa shape index (κ3) is 4.90. The lowest BCUT2D eigenvalue weighted by atomic mass is 9.95. The molecule has 1 heterocycles. The Morgan fingerprint density at radius 1 is 1.03 bits per heavy atom. The highest BCUT2D eigenvalue weighted by atomic mass is 32.2. The van der Waals surface area contributed by atoms with Gasteiger partial charge in [0.1, 0.15) is 5.82 Å². The van der Waals surface area contributed by atoms with E-state index in [9.17, 15) is 21.6 Å². The number of aryl methyl sites for hydroxylation is 1. The largest absolute Gasteiger partial charge is 0.389 e. The molecule has 31 heavy (non-hydrogen) atoms. The van der Waals surface area contributed by atoms with Gasteiger partial charge in [0.05, 0.1) is 32.5 Å². The number of sulfone groups is 1. The van der Waals surface area contributed by atoms with Crippen LogP contribution < -0.4 is 0 Å². The SMILES string of the molecule is CC(C)(C)c1nc2cc(S(=O)(=O)c3ccc(C#N)cc3)ccc2n1CCCC(F)(F)F. The number of rotatable bonds is 5. The van der Waals surface area contributed by atoms with E-state index in [-0.39, 0.29) is 22.8 Å². The Balaban J connectivity index is 2.05. The fourth-order valence-electron chi connectivity index (χ4n) is 3.36. The summed E-state index contributed by atoms with van der Waals surface area (Å²) < 4.78 is 65.6. The van der Waals surface area contributed by atoms with Crippen LogP contribution in [-0.4, -0.2) is 24.1 Å². The number of hydrogen-bond donors (Lipinski definition) is 0. The van der Waals surface area contributed by atoms with E-state index in [2.05, 4.69) is 4.98 Å². The van der Waals surface area contributed by atoms with Gasteiger partial charge in [0, 0.05) is 18.4 Å². The molecule has 0 spiro atoms. The van der Waals surface area contributed by atoms with Crippen LogP contribution in [0.4, 0.5) is 13.2 Å². The Kier molecular flexibility index (Phi) is 5.89. The summed E-state index contributed by atoms with van der Waals surface area (Å²) in [4.78, 5) is 4.65. The number of nitrogens with zero attached hydrogens (tertiary/aromatic N) is 3. The number of alkyl halides is 3. The second-order valence-corrected chi connectivity index (χ2v) is 10.3. The lowest BCUT2D eigenvalue weighted by Crippen LogP contribution is -2.20. The number of hydrogen-bond acceptors (Lipinski definition) is 4. The van der Waals surface area contributed by atoms with E-state index in [0.29, 0.717) is 22.4 Å². The van der Waals surface area contributed by atoms with Gasteiger partial charge in [-0.25, -0.2) is 13.4 Å². The van der Waals surface area contributed by atoms with Crippen molar-refractivity contribution < 1.29 is 21.6 Å². The van der Waals surface area contributed by atoms with Crippen molar-refractivity contribution in [1.29, 1.82) is 5.26 Å². The molecule has 0 aliphatic heterocycles. The molecule has 0 N–H and O–H groups in total. The Hall–Kier alpha value is -2.86. The maximum absolute atomic E-state index is 13.0. The number of nitriles is 1. The van der Waals surface area contributed by atoms with E-state index in [0.717, 1.165) is 0 Å². The summed E-state index contributed by atoms with van der Waals surface area (Å²) in [7, 11) is -3.84. The topological polar surface area (TPSA) is 75.8 Å². The molecule has 0 amide bonds. The molecule has 0 bridgehead atoms. The first-order chi connectivity index (χ1) is 14.3. The highest BCUT2D eigenvalue weighted by Gasteiger charge is 2.28. The first-order valence-electron chi connectivity index (χ1n) is 9.66. The molecule has 0 aliphatic rings. The zero-order valence-corrected chi connectivity index (χ0v) is 18.2. The van der Waals surface area contributed by atoms with E-state index < -0.39 is 27.8 Å². The Labute approximate surface area is 179 Å². The number of halogens is 3. The summed E-state index contributed by atoms with van der Waals surface area (Å²) in [6.07, 6.45) is -5.23. The summed E-state index contributed by atoms with van der Waals surface area (Å²) in [6.45, 7) is 5.85. The van der Waals surface area contributed by atoms with E-state index in [1.54, 1.807) is 10.6 Å². The van der Waals surface area contributed by atoms with E-state index in [1.165, 1.54) is 36.4 Å². The molecule has 1 aromatic heterocycles. The third-order valence-corrected chi connectivity index (χ3v) is 6.60. The van der Waals surface area contributed by atoms with E-state index >= 15 is 0 Å². The first-order valence-corrected chi connectivity index (χ1v) is 11.1. The molecule has 0 saturated carbocycles. The molecule has 0 saturated heterocycles. The summed E-state index contributed by atoms with van der Waals surface area (Å²) in [5.74, 6) is 0.595. The average Bonchev–Trinajstić information content (AvgIpc) is 3.05. The lowest BCUT2D eigenvalue weighted by molar-refractivity contribution is -0.135. The quantitative estimate of drug-likeness (QED) is 0.524. The summed E-state index contributed by atoms with van der Waals surface area (Å²) in [5.41, 5.74) is 0.906. The van der Waals surface area contributed by atoms with Gasteiger partial charge in [0.15, 0.2) is 0 Å². The summed E-state index contributed by atoms with van der Waals surface area (Å²) in [6, 6.07) is 12.0. The number of imidazole rings is 1. The van der Waals surface area contributed by atoms with E-state index in [1.807, 2.05) is 26.8 Å². The van der Waals surface area contributed by atoms with Crippen LogP contribution in [0.3, 0.4) is 0 Å². The van der Waals surface area contributed by atoms with Crippen molar-refractivity contribution >= 4 is 20.9 Å². The van der Waals surface area contributed by atoms with Crippen molar-refractivity contribution in [1.82, 2.24) is 9.55 Å². The van der Waals surface area contributed by atoms with Crippen molar-refractivity contribution in [2.24, 2.45) is 0 Å². The third-order valence-electron chi connectivity index (χ3n) is 4.84. The van der Waals surface area contributed by atoms with E-state index in [4.69, 9.17) is 5.26 Å². The molecule has 9 heteroatoms. The van der Waals surface area contributed by atoms with Crippen molar-refractivity contribution in [2.45, 2.75) is 61.5 Å². The van der Waals surface area contributed by atoms with Crippen LogP contribution in [-0.2, 0) is 21.8 Å². The maximum atomic E-state index is 13.0. The van der Waals surface area contributed by atoms with Crippen LogP contribution in [0.2, 0.25) is 0 Å². The van der Waals surface area contributed by atoms with Crippen LogP contribution in [0, 0.1) is 11.3 Å². The molecule has 0 atom stereocenters. The number of fused-ring (bicyclic) bond motifs is 1. The minimum atomic E-state index is -4.24. The van der Waals surface area contributed by atoms with Crippen molar-refractivity contribution in [2.75, 3.05) is 0 Å². The Morgan fingerprint density at radius 2 is 1.65 bits per heavy atom. The molecule has 164 valence electrons. The molecule has 0 aliphatic carbocycles.